The maximum Gasteiger partial charge on any atom is 0.326 e. The summed E-state index contributed by atoms with van der Waals surface area (Å²) in [6.07, 6.45) is 1.16. The van der Waals surface area contributed by atoms with Gasteiger partial charge in [0.1, 0.15) is 21.9 Å². The maximum atomic E-state index is 14.1. The Kier molecular flexibility index (Phi) is 4.52. The first kappa shape index (κ1) is 17.8. The molecular formula is C16H14ClFN2O4S. The van der Waals surface area contributed by atoms with Gasteiger partial charge in [0.25, 0.3) is 0 Å². The van der Waals surface area contributed by atoms with E-state index >= 15 is 0 Å². The Morgan fingerprint density at radius 1 is 1.36 bits per heavy atom. The van der Waals surface area contributed by atoms with E-state index in [-0.39, 0.29) is 34.1 Å². The van der Waals surface area contributed by atoms with Crippen molar-refractivity contribution in [1.29, 1.82) is 0 Å². The van der Waals surface area contributed by atoms with Gasteiger partial charge in [-0.2, -0.15) is 4.31 Å². The van der Waals surface area contributed by atoms with E-state index in [9.17, 15) is 22.7 Å². The van der Waals surface area contributed by atoms with Crippen LogP contribution in [0, 0.1) is 12.7 Å². The number of hydrogen-bond acceptors (Lipinski definition) is 4. The minimum Gasteiger partial charge on any atom is -0.480 e. The number of sulfonamides is 1. The van der Waals surface area contributed by atoms with E-state index in [0.29, 0.717) is 5.56 Å². The molecule has 0 aliphatic carbocycles. The zero-order valence-corrected chi connectivity index (χ0v) is 14.7. The van der Waals surface area contributed by atoms with Gasteiger partial charge in [-0.3, -0.25) is 4.79 Å². The topological polar surface area (TPSA) is 87.6 Å². The lowest BCUT2D eigenvalue weighted by Gasteiger charge is -2.34. The van der Waals surface area contributed by atoms with Crippen LogP contribution >= 0.6 is 11.6 Å². The highest BCUT2D eigenvalue weighted by atomic mass is 35.5. The van der Waals surface area contributed by atoms with Gasteiger partial charge in [0.2, 0.25) is 10.0 Å². The van der Waals surface area contributed by atoms with Crippen molar-refractivity contribution in [2.45, 2.75) is 24.3 Å². The highest BCUT2D eigenvalue weighted by Crippen LogP contribution is 2.37. The van der Waals surface area contributed by atoms with Crippen LogP contribution in [0.2, 0.25) is 5.15 Å². The number of aromatic nitrogens is 1. The fourth-order valence-corrected chi connectivity index (χ4v) is 4.65. The Bertz CT molecular complexity index is 947. The third kappa shape index (κ3) is 3.01. The van der Waals surface area contributed by atoms with Crippen molar-refractivity contribution in [2.75, 3.05) is 6.54 Å². The lowest BCUT2D eigenvalue weighted by atomic mass is 9.90. The van der Waals surface area contributed by atoms with Crippen molar-refractivity contribution in [3.63, 3.8) is 0 Å². The molecule has 25 heavy (non-hydrogen) atoms. The van der Waals surface area contributed by atoms with Crippen LogP contribution in [0.5, 0.6) is 0 Å². The number of halogens is 2. The number of hydrogen-bond donors (Lipinski definition) is 1. The summed E-state index contributed by atoms with van der Waals surface area (Å²) in [5.41, 5.74) is 0.954. The van der Waals surface area contributed by atoms with Crippen LogP contribution in [-0.4, -0.2) is 35.3 Å². The molecule has 1 N–H and O–H groups in total. The molecule has 132 valence electrons. The van der Waals surface area contributed by atoms with Crippen molar-refractivity contribution in [3.8, 4) is 0 Å². The van der Waals surface area contributed by atoms with E-state index in [2.05, 4.69) is 4.98 Å². The first-order valence-electron chi connectivity index (χ1n) is 7.37. The molecular weight excluding hydrogens is 371 g/mol. The monoisotopic (exact) mass is 384 g/mol. The molecule has 1 atom stereocenters. The predicted molar refractivity (Wildman–Crippen MR) is 88.4 cm³/mol. The molecule has 9 heteroatoms. The fourth-order valence-electron chi connectivity index (χ4n) is 3.04. The summed E-state index contributed by atoms with van der Waals surface area (Å²) < 4.78 is 40.8. The van der Waals surface area contributed by atoms with E-state index in [1.807, 2.05) is 0 Å². The van der Waals surface area contributed by atoms with Crippen LogP contribution in [0.25, 0.3) is 0 Å². The van der Waals surface area contributed by atoms with Crippen LogP contribution in [0.15, 0.2) is 35.4 Å². The highest BCUT2D eigenvalue weighted by Gasteiger charge is 2.42. The summed E-state index contributed by atoms with van der Waals surface area (Å²) in [6.45, 7) is 1.49. The minimum atomic E-state index is -4.14. The lowest BCUT2D eigenvalue weighted by molar-refractivity contribution is -0.142. The van der Waals surface area contributed by atoms with E-state index in [4.69, 9.17) is 11.6 Å². The molecule has 1 aliphatic rings. The van der Waals surface area contributed by atoms with Crippen LogP contribution in [-0.2, 0) is 21.2 Å². The number of carboxylic acids is 1. The first-order chi connectivity index (χ1) is 11.7. The zero-order chi connectivity index (χ0) is 18.4. The molecule has 1 aliphatic heterocycles. The molecule has 1 unspecified atom stereocenters. The Hall–Kier alpha value is -2.03. The van der Waals surface area contributed by atoms with Gasteiger partial charge in [0, 0.05) is 12.7 Å². The minimum absolute atomic E-state index is 0.0902. The average Bonchev–Trinajstić information content (AvgIpc) is 2.57. The number of benzene rings is 1. The van der Waals surface area contributed by atoms with Crippen molar-refractivity contribution in [3.05, 3.63) is 58.1 Å². The van der Waals surface area contributed by atoms with Crippen LogP contribution < -0.4 is 0 Å². The van der Waals surface area contributed by atoms with Crippen molar-refractivity contribution in [2.24, 2.45) is 0 Å². The predicted octanol–water partition coefficient (Wildman–Crippen LogP) is 2.56. The molecule has 3 rings (SSSR count). The SMILES string of the molecule is Cc1ccc(F)c2c1C(C(=O)O)N(S(=O)(=O)c1ccc(Cl)nc1)CC2. The number of carboxylic acid groups (broad SMARTS) is 1. The molecule has 2 aromatic rings. The number of pyridine rings is 1. The van der Waals surface area contributed by atoms with Gasteiger partial charge in [-0.25, -0.2) is 17.8 Å². The van der Waals surface area contributed by atoms with Gasteiger partial charge in [0.05, 0.1) is 0 Å². The third-order valence-electron chi connectivity index (χ3n) is 4.20. The second-order valence-corrected chi connectivity index (χ2v) is 7.96. The summed E-state index contributed by atoms with van der Waals surface area (Å²) in [5.74, 6) is -1.89. The second kappa shape index (κ2) is 6.36. The number of carbonyl (C=O) groups is 1. The van der Waals surface area contributed by atoms with Crippen LogP contribution in [0.1, 0.15) is 22.7 Å². The van der Waals surface area contributed by atoms with Crippen LogP contribution in [0.4, 0.5) is 4.39 Å². The first-order valence-corrected chi connectivity index (χ1v) is 9.19. The van der Waals surface area contributed by atoms with Crippen LogP contribution in [0.3, 0.4) is 0 Å². The van der Waals surface area contributed by atoms with Crippen molar-refractivity contribution in [1.82, 2.24) is 9.29 Å². The van der Waals surface area contributed by atoms with E-state index < -0.39 is 27.9 Å². The van der Waals surface area contributed by atoms with Gasteiger partial charge in [-0.1, -0.05) is 17.7 Å². The molecule has 6 nitrogen and oxygen atoms in total. The number of nitrogens with zero attached hydrogens (tertiary/aromatic N) is 2. The van der Waals surface area contributed by atoms with E-state index in [1.54, 1.807) is 6.92 Å². The summed E-state index contributed by atoms with van der Waals surface area (Å²) in [6, 6.07) is 3.79. The fraction of sp³-hybridized carbons (Fsp3) is 0.250. The number of aryl methyl sites for hydroxylation is 1. The second-order valence-electron chi connectivity index (χ2n) is 5.68. The molecule has 0 saturated heterocycles. The molecule has 0 amide bonds. The van der Waals surface area contributed by atoms with Gasteiger partial charge >= 0.3 is 5.97 Å². The molecule has 0 saturated carbocycles. The average molecular weight is 385 g/mol. The normalized spacial score (nSPS) is 18.0. The molecule has 0 bridgehead atoms. The zero-order valence-electron chi connectivity index (χ0n) is 13.1. The molecule has 1 aromatic carbocycles. The Morgan fingerprint density at radius 3 is 2.68 bits per heavy atom. The molecule has 0 fully saturated rings. The molecule has 2 heterocycles. The lowest BCUT2D eigenvalue weighted by Crippen LogP contribution is -2.44. The Morgan fingerprint density at radius 2 is 2.08 bits per heavy atom. The van der Waals surface area contributed by atoms with Gasteiger partial charge in [0.15, 0.2) is 0 Å². The van der Waals surface area contributed by atoms with Gasteiger partial charge in [-0.15, -0.1) is 0 Å². The van der Waals surface area contributed by atoms with Gasteiger partial charge in [-0.05, 0) is 48.2 Å². The number of aliphatic carboxylic acids is 1. The molecule has 0 radical (unpaired) electrons. The number of fused-ring (bicyclic) bond motifs is 1. The Balaban J connectivity index is 2.15. The van der Waals surface area contributed by atoms with Crippen molar-refractivity contribution < 1.29 is 22.7 Å². The summed E-state index contributed by atoms with van der Waals surface area (Å²) in [7, 11) is -4.14. The quantitative estimate of drug-likeness (QED) is 0.822. The highest BCUT2D eigenvalue weighted by molar-refractivity contribution is 7.89. The summed E-state index contributed by atoms with van der Waals surface area (Å²) >= 11 is 5.68. The maximum absolute atomic E-state index is 14.1. The van der Waals surface area contributed by atoms with E-state index in [0.717, 1.165) is 10.5 Å². The summed E-state index contributed by atoms with van der Waals surface area (Å²) in [4.78, 5) is 15.4. The van der Waals surface area contributed by atoms with E-state index in [1.165, 1.54) is 24.3 Å². The van der Waals surface area contributed by atoms with Crippen molar-refractivity contribution >= 4 is 27.6 Å². The van der Waals surface area contributed by atoms with Gasteiger partial charge < -0.3 is 5.11 Å². The molecule has 1 aromatic heterocycles. The number of rotatable bonds is 3. The standard InChI is InChI=1S/C16H14ClFN2O4S/c1-9-2-4-12(18)11-6-7-20(15(14(9)11)16(21)22)25(23,24)10-3-5-13(17)19-8-10/h2-5,8,15H,6-7H2,1H3,(H,21,22). The largest absolute Gasteiger partial charge is 0.480 e. The molecule has 0 spiro atoms. The third-order valence-corrected chi connectivity index (χ3v) is 6.27. The summed E-state index contributed by atoms with van der Waals surface area (Å²) in [5, 5.41) is 9.78. The smallest absolute Gasteiger partial charge is 0.326 e. The Labute approximate surface area is 148 Å².